The van der Waals surface area contributed by atoms with Crippen LogP contribution in [0.5, 0.6) is 5.75 Å². The molecule has 5 aromatic rings. The molecule has 8 rings (SSSR count). The number of carbonyl (C=O) groups is 2. The zero-order valence-electron chi connectivity index (χ0n) is 35.9. The Morgan fingerprint density at radius 3 is 2.53 bits per heavy atom. The van der Waals surface area contributed by atoms with Crippen LogP contribution in [0.25, 0.3) is 0 Å². The minimum atomic E-state index is -3.42. The Kier molecular flexibility index (Phi) is 12.8. The van der Waals surface area contributed by atoms with Crippen LogP contribution in [-0.4, -0.2) is 83.9 Å². The average Bonchev–Trinajstić information content (AvgIpc) is 3.92. The van der Waals surface area contributed by atoms with Crippen molar-refractivity contribution in [2.45, 2.75) is 94.9 Å². The van der Waals surface area contributed by atoms with Gasteiger partial charge in [-0.1, -0.05) is 72.8 Å². The number of nitrogens with one attached hydrogen (secondary N) is 1. The number of unbranched alkanes of at least 4 members (excludes halogenated alkanes) is 1. The summed E-state index contributed by atoms with van der Waals surface area (Å²) in [4.78, 5) is 32.9. The van der Waals surface area contributed by atoms with Gasteiger partial charge in [-0.15, -0.1) is 5.10 Å². The minimum absolute atomic E-state index is 0.0841. The van der Waals surface area contributed by atoms with Gasteiger partial charge in [0.25, 0.3) is 5.91 Å². The van der Waals surface area contributed by atoms with E-state index in [0.29, 0.717) is 50.3 Å². The first kappa shape index (κ1) is 43.4. The zero-order valence-corrected chi connectivity index (χ0v) is 36.9. The van der Waals surface area contributed by atoms with Crippen molar-refractivity contribution >= 4 is 37.3 Å². The van der Waals surface area contributed by atoms with Gasteiger partial charge in [0.2, 0.25) is 14.3 Å². The molecule has 326 valence electrons. The van der Waals surface area contributed by atoms with Crippen molar-refractivity contribution < 1.29 is 33.4 Å². The van der Waals surface area contributed by atoms with Crippen molar-refractivity contribution in [1.82, 2.24) is 20.3 Å². The maximum atomic E-state index is 16.6. The molecule has 4 aromatic carbocycles. The van der Waals surface area contributed by atoms with E-state index in [9.17, 15) is 15.0 Å². The number of carbonyl (C=O) groups excluding carboxylic acids is 2. The standard InChI is InChI=1S/C48H57FN6O6Si/c1-5-60-37-20-21-42-35(27-37)28-40(50-23-11-12-25-56)46(58)55(42)36-17-13-14-33(26-36)29-54-43-19-10-9-18-39(43)48(47(54)59)32(2)45(62(3,4)49)44(61-48)22-24-53-30-41(51-52-53)38(31-57)34-15-7-6-8-16-34/h6-10,13-21,26-27,30,32,38,40,44-45,50,56-57H,5,11-12,22-25,28-29,31H2,1-4H3/t32-,38?,40?,44+,45-,48+/m1/s1. The Balaban J connectivity index is 1.06. The first-order chi connectivity index (χ1) is 30.0. The first-order valence-corrected chi connectivity index (χ1v) is 24.8. The van der Waals surface area contributed by atoms with Crippen molar-refractivity contribution in [3.63, 3.8) is 0 Å². The van der Waals surface area contributed by atoms with Gasteiger partial charge in [-0.05, 0) is 105 Å². The number of hydrogen-bond donors (Lipinski definition) is 3. The van der Waals surface area contributed by atoms with Gasteiger partial charge in [0.1, 0.15) is 5.75 Å². The number of nitrogens with zero attached hydrogens (tertiary/aromatic N) is 5. The SMILES string of the molecule is CCOc1ccc2c(c1)CC(NCCCCO)C(=O)N2c1cccc(CN2C(=O)[C@@]3(O[C@@H](CCn4cc(C(CO)c5ccccc5)nn4)[C@H]([Si](C)(C)F)[C@H]3C)c3ccccc32)c1. The number of aromatic nitrogens is 3. The topological polar surface area (TPSA) is 142 Å². The largest absolute Gasteiger partial charge is 0.494 e. The van der Waals surface area contributed by atoms with Crippen molar-refractivity contribution in [3.8, 4) is 5.75 Å². The van der Waals surface area contributed by atoms with E-state index in [4.69, 9.17) is 9.47 Å². The number of fused-ring (bicyclic) bond motifs is 3. The van der Waals surface area contributed by atoms with Crippen LogP contribution < -0.4 is 19.9 Å². The summed E-state index contributed by atoms with van der Waals surface area (Å²) in [5, 5.41) is 31.7. The molecular formula is C48H57FN6O6Si. The monoisotopic (exact) mass is 860 g/mol. The number of amides is 2. The lowest BCUT2D eigenvalue weighted by Gasteiger charge is -2.35. The fourth-order valence-electron chi connectivity index (χ4n) is 10.0. The molecule has 1 fully saturated rings. The summed E-state index contributed by atoms with van der Waals surface area (Å²) in [5.41, 5.74) is 4.41. The molecule has 1 aromatic heterocycles. The quantitative estimate of drug-likeness (QED) is 0.0505. The summed E-state index contributed by atoms with van der Waals surface area (Å²) >= 11 is 0. The molecule has 0 aliphatic carbocycles. The molecule has 2 amide bonds. The van der Waals surface area contributed by atoms with Gasteiger partial charge >= 0.3 is 0 Å². The molecule has 1 spiro atoms. The lowest BCUT2D eigenvalue weighted by molar-refractivity contribution is -0.146. The molecule has 12 nitrogen and oxygen atoms in total. The smallest absolute Gasteiger partial charge is 0.264 e. The van der Waals surface area contributed by atoms with E-state index < -0.39 is 37.6 Å². The molecule has 6 atom stereocenters. The molecule has 0 radical (unpaired) electrons. The molecular weight excluding hydrogens is 804 g/mol. The number of halogens is 1. The van der Waals surface area contributed by atoms with E-state index in [0.717, 1.165) is 45.8 Å². The number of rotatable bonds is 17. The van der Waals surface area contributed by atoms with Crippen molar-refractivity contribution in [3.05, 3.63) is 131 Å². The Hall–Kier alpha value is -5.25. The average molecular weight is 861 g/mol. The maximum Gasteiger partial charge on any atom is 0.264 e. The number of benzene rings is 4. The molecule has 14 heteroatoms. The zero-order chi connectivity index (χ0) is 43.6. The van der Waals surface area contributed by atoms with Gasteiger partial charge in [-0.2, -0.15) is 0 Å². The lowest BCUT2D eigenvalue weighted by atomic mass is 9.82. The second-order valence-electron chi connectivity index (χ2n) is 17.2. The lowest BCUT2D eigenvalue weighted by Crippen LogP contribution is -2.49. The highest BCUT2D eigenvalue weighted by Crippen LogP contribution is 2.60. The minimum Gasteiger partial charge on any atom is -0.494 e. The first-order valence-electron chi connectivity index (χ1n) is 21.8. The molecule has 3 N–H and O–H groups in total. The van der Waals surface area contributed by atoms with Crippen molar-refractivity contribution in [1.29, 1.82) is 0 Å². The van der Waals surface area contributed by atoms with Crippen molar-refractivity contribution in [2.75, 3.05) is 36.2 Å². The third-order valence-electron chi connectivity index (χ3n) is 12.8. The number of hydrogen-bond acceptors (Lipinski definition) is 9. The highest BCUT2D eigenvalue weighted by Gasteiger charge is 2.66. The Labute approximate surface area is 363 Å². The normalized spacial score (nSPS) is 22.6. The maximum absolute atomic E-state index is 16.6. The number of para-hydroxylation sites is 1. The fraction of sp³-hybridized carbons (Fsp3) is 0.417. The molecule has 0 bridgehead atoms. The van der Waals surface area contributed by atoms with Crippen LogP contribution in [0.2, 0.25) is 18.6 Å². The van der Waals surface area contributed by atoms with Crippen LogP contribution >= 0.6 is 0 Å². The molecule has 62 heavy (non-hydrogen) atoms. The predicted octanol–water partition coefficient (Wildman–Crippen LogP) is 7.16. The van der Waals surface area contributed by atoms with Crippen LogP contribution in [0, 0.1) is 5.92 Å². The van der Waals surface area contributed by atoms with Crippen LogP contribution in [-0.2, 0) is 39.4 Å². The van der Waals surface area contributed by atoms with Gasteiger partial charge in [-0.25, -0.2) is 0 Å². The van der Waals surface area contributed by atoms with Gasteiger partial charge in [0, 0.05) is 42.1 Å². The van der Waals surface area contributed by atoms with Gasteiger partial charge in [-0.3, -0.25) is 19.2 Å². The summed E-state index contributed by atoms with van der Waals surface area (Å²) in [5.74, 6) is -0.360. The van der Waals surface area contributed by atoms with Crippen LogP contribution in [0.4, 0.5) is 21.2 Å². The second-order valence-corrected chi connectivity index (χ2v) is 21.0. The fourth-order valence-corrected chi connectivity index (χ4v) is 12.6. The van der Waals surface area contributed by atoms with Crippen molar-refractivity contribution in [2.24, 2.45) is 5.92 Å². The second kappa shape index (κ2) is 18.2. The van der Waals surface area contributed by atoms with E-state index in [1.54, 1.807) is 27.6 Å². The van der Waals surface area contributed by atoms with E-state index in [-0.39, 0.29) is 37.5 Å². The predicted molar refractivity (Wildman–Crippen MR) is 239 cm³/mol. The summed E-state index contributed by atoms with van der Waals surface area (Å²) in [7, 11) is -3.42. The summed E-state index contributed by atoms with van der Waals surface area (Å²) < 4.78 is 31.2. The number of aryl methyl sites for hydroxylation is 1. The van der Waals surface area contributed by atoms with Crippen LogP contribution in [0.3, 0.4) is 0 Å². The van der Waals surface area contributed by atoms with E-state index in [2.05, 4.69) is 15.6 Å². The number of aliphatic hydroxyl groups is 2. The molecule has 3 aliphatic heterocycles. The number of anilines is 3. The summed E-state index contributed by atoms with van der Waals surface area (Å²) in [6.45, 7) is 9.00. The summed E-state index contributed by atoms with van der Waals surface area (Å²) in [6.07, 6.45) is 3.57. The highest BCUT2D eigenvalue weighted by atomic mass is 28.4. The third-order valence-corrected chi connectivity index (χ3v) is 15.3. The molecule has 0 saturated carbocycles. The van der Waals surface area contributed by atoms with Gasteiger partial charge < -0.3 is 34.0 Å². The third kappa shape index (κ3) is 8.22. The van der Waals surface area contributed by atoms with Crippen LogP contribution in [0.1, 0.15) is 67.0 Å². The number of aliphatic hydroxyl groups excluding tert-OH is 2. The van der Waals surface area contributed by atoms with Crippen LogP contribution in [0.15, 0.2) is 103 Å². The highest BCUT2D eigenvalue weighted by molar-refractivity contribution is 6.72. The summed E-state index contributed by atoms with van der Waals surface area (Å²) in [6, 6.07) is 30.4. The molecule has 3 aliphatic rings. The molecule has 2 unspecified atom stereocenters. The Bertz CT molecular complexity index is 2380. The van der Waals surface area contributed by atoms with E-state index in [1.165, 1.54) is 0 Å². The Morgan fingerprint density at radius 1 is 0.984 bits per heavy atom. The molecule has 1 saturated heterocycles. The van der Waals surface area contributed by atoms with E-state index >= 15 is 8.90 Å². The Morgan fingerprint density at radius 2 is 1.77 bits per heavy atom. The number of ether oxygens (including phenoxy) is 2. The molecule has 4 heterocycles. The van der Waals surface area contributed by atoms with E-state index in [1.807, 2.05) is 117 Å². The van der Waals surface area contributed by atoms with Gasteiger partial charge in [0.15, 0.2) is 5.60 Å². The van der Waals surface area contributed by atoms with Gasteiger partial charge in [0.05, 0.1) is 54.9 Å².